The van der Waals surface area contributed by atoms with Crippen LogP contribution in [0.4, 0.5) is 0 Å². The Labute approximate surface area is 85.6 Å². The Morgan fingerprint density at radius 2 is 1.64 bits per heavy atom. The minimum Gasteiger partial charge on any atom is -0.334 e. The molecule has 0 N–H and O–H groups in total. The van der Waals surface area contributed by atoms with E-state index in [0.29, 0.717) is 0 Å². The number of imidazole rings is 1. The molecule has 0 aliphatic heterocycles. The van der Waals surface area contributed by atoms with Gasteiger partial charge >= 0.3 is 0 Å². The van der Waals surface area contributed by atoms with E-state index in [0.717, 1.165) is 5.52 Å². The number of aromatic nitrogens is 2. The van der Waals surface area contributed by atoms with Crippen molar-refractivity contribution in [1.29, 1.82) is 0 Å². The highest BCUT2D eigenvalue weighted by Crippen LogP contribution is 2.16. The molecule has 1 aromatic carbocycles. The Hall–Kier alpha value is -1.31. The van der Waals surface area contributed by atoms with Crippen LogP contribution in [0, 0.1) is 13.8 Å². The summed E-state index contributed by atoms with van der Waals surface area (Å²) in [5.41, 5.74) is 4.92. The Kier molecular flexibility index (Phi) is 3.28. The van der Waals surface area contributed by atoms with Gasteiger partial charge < -0.3 is 4.57 Å². The van der Waals surface area contributed by atoms with Gasteiger partial charge in [0.05, 0.1) is 17.4 Å². The summed E-state index contributed by atoms with van der Waals surface area (Å²) < 4.78 is 2.04. The monoisotopic (exact) mass is 190 g/mol. The fraction of sp³-hybridized carbons (Fsp3) is 0.417. The normalized spacial score (nSPS) is 9.79. The van der Waals surface area contributed by atoms with E-state index in [4.69, 9.17) is 0 Å². The van der Waals surface area contributed by atoms with Crippen molar-refractivity contribution in [3.8, 4) is 0 Å². The van der Waals surface area contributed by atoms with Crippen LogP contribution in [-0.2, 0) is 7.05 Å². The van der Waals surface area contributed by atoms with Gasteiger partial charge in [0.2, 0.25) is 0 Å². The zero-order valence-corrected chi connectivity index (χ0v) is 9.63. The predicted molar refractivity (Wildman–Crippen MR) is 61.5 cm³/mol. The third kappa shape index (κ3) is 1.79. The van der Waals surface area contributed by atoms with Crippen LogP contribution in [-0.4, -0.2) is 9.55 Å². The summed E-state index contributed by atoms with van der Waals surface area (Å²) in [5, 5.41) is 0. The first-order chi connectivity index (χ1) is 6.68. The third-order valence-electron chi connectivity index (χ3n) is 2.34. The first-order valence-corrected chi connectivity index (χ1v) is 5.07. The van der Waals surface area contributed by atoms with Crippen molar-refractivity contribution in [2.75, 3.05) is 0 Å². The maximum Gasteiger partial charge on any atom is 0.0955 e. The lowest BCUT2D eigenvalue weighted by molar-refractivity contribution is 0.947. The predicted octanol–water partition coefficient (Wildman–Crippen LogP) is 3.22. The molecule has 0 saturated carbocycles. The molecule has 2 aromatic rings. The molecule has 0 spiro atoms. The van der Waals surface area contributed by atoms with E-state index in [1.54, 1.807) is 0 Å². The summed E-state index contributed by atoms with van der Waals surface area (Å²) in [5.74, 6) is 0. The molecule has 14 heavy (non-hydrogen) atoms. The van der Waals surface area contributed by atoms with Gasteiger partial charge in [-0.2, -0.15) is 0 Å². The second-order valence-corrected chi connectivity index (χ2v) is 3.28. The van der Waals surface area contributed by atoms with Gasteiger partial charge in [-0.15, -0.1) is 0 Å². The minimum atomic E-state index is 1.08. The van der Waals surface area contributed by atoms with Crippen LogP contribution in [0.1, 0.15) is 25.0 Å². The number of aryl methyl sites for hydroxylation is 3. The molecule has 2 rings (SSSR count). The zero-order chi connectivity index (χ0) is 10.7. The summed E-state index contributed by atoms with van der Waals surface area (Å²) in [4.78, 5) is 4.28. The number of fused-ring (bicyclic) bond motifs is 1. The molecule has 2 heteroatoms. The highest BCUT2D eigenvalue weighted by Gasteiger charge is 2.01. The highest BCUT2D eigenvalue weighted by molar-refractivity contribution is 5.77. The van der Waals surface area contributed by atoms with Crippen molar-refractivity contribution in [2.45, 2.75) is 27.7 Å². The number of hydrogen-bond donors (Lipinski definition) is 0. The molecule has 0 saturated heterocycles. The second-order valence-electron chi connectivity index (χ2n) is 3.28. The van der Waals surface area contributed by atoms with Crippen LogP contribution >= 0.6 is 0 Å². The van der Waals surface area contributed by atoms with Gasteiger partial charge in [-0.05, 0) is 37.1 Å². The summed E-state index contributed by atoms with van der Waals surface area (Å²) in [6.45, 7) is 8.24. The van der Waals surface area contributed by atoms with Crippen molar-refractivity contribution in [1.82, 2.24) is 9.55 Å². The lowest BCUT2D eigenvalue weighted by Gasteiger charge is -2.00. The summed E-state index contributed by atoms with van der Waals surface area (Å²) in [6.07, 6.45) is 1.85. The van der Waals surface area contributed by atoms with E-state index in [1.807, 2.05) is 31.8 Å². The summed E-state index contributed by atoms with van der Waals surface area (Å²) >= 11 is 0. The Morgan fingerprint density at radius 1 is 1.07 bits per heavy atom. The van der Waals surface area contributed by atoms with Crippen LogP contribution in [0.25, 0.3) is 11.0 Å². The quantitative estimate of drug-likeness (QED) is 0.623. The van der Waals surface area contributed by atoms with Gasteiger partial charge in [-0.3, -0.25) is 0 Å². The van der Waals surface area contributed by atoms with Gasteiger partial charge in [-0.1, -0.05) is 13.8 Å². The molecule has 0 atom stereocenters. The van der Waals surface area contributed by atoms with Gasteiger partial charge in [0.15, 0.2) is 0 Å². The molecule has 0 unspecified atom stereocenters. The maximum atomic E-state index is 4.28. The largest absolute Gasteiger partial charge is 0.334 e. The van der Waals surface area contributed by atoms with E-state index >= 15 is 0 Å². The first-order valence-electron chi connectivity index (χ1n) is 5.07. The van der Waals surface area contributed by atoms with Gasteiger partial charge in [0.25, 0.3) is 0 Å². The lowest BCUT2D eigenvalue weighted by atomic mass is 10.1. The third-order valence-corrected chi connectivity index (χ3v) is 2.34. The second kappa shape index (κ2) is 4.27. The molecule has 1 heterocycles. The molecular formula is C12H18N2. The molecule has 0 bridgehead atoms. The van der Waals surface area contributed by atoms with Gasteiger partial charge in [0.1, 0.15) is 0 Å². The van der Waals surface area contributed by atoms with Crippen LogP contribution in [0.3, 0.4) is 0 Å². The van der Waals surface area contributed by atoms with Crippen LogP contribution in [0.2, 0.25) is 0 Å². The molecule has 76 valence electrons. The number of nitrogens with zero attached hydrogens (tertiary/aromatic N) is 2. The fourth-order valence-corrected chi connectivity index (χ4v) is 1.38. The molecule has 2 nitrogen and oxygen atoms in total. The first kappa shape index (κ1) is 10.8. The van der Waals surface area contributed by atoms with Crippen molar-refractivity contribution in [3.05, 3.63) is 29.6 Å². The van der Waals surface area contributed by atoms with Gasteiger partial charge in [0, 0.05) is 7.05 Å². The molecule has 1 aromatic heterocycles. The Balaban J connectivity index is 0.000000461. The van der Waals surface area contributed by atoms with Gasteiger partial charge in [-0.25, -0.2) is 4.98 Å². The maximum absolute atomic E-state index is 4.28. The highest BCUT2D eigenvalue weighted by atomic mass is 15.0. The number of hydrogen-bond acceptors (Lipinski definition) is 1. The number of rotatable bonds is 0. The average Bonchev–Trinajstić information content (AvgIpc) is 2.53. The lowest BCUT2D eigenvalue weighted by Crippen LogP contribution is -1.86. The molecule has 0 aliphatic rings. The van der Waals surface area contributed by atoms with Crippen LogP contribution < -0.4 is 0 Å². The smallest absolute Gasteiger partial charge is 0.0955 e. The molecular weight excluding hydrogens is 172 g/mol. The average molecular weight is 190 g/mol. The van der Waals surface area contributed by atoms with E-state index in [-0.39, 0.29) is 0 Å². The molecule has 0 aliphatic carbocycles. The SMILES string of the molecule is CC.Cc1cc2ncn(C)c2cc1C. The number of benzene rings is 1. The summed E-state index contributed by atoms with van der Waals surface area (Å²) in [6, 6.07) is 4.31. The van der Waals surface area contributed by atoms with Crippen molar-refractivity contribution in [3.63, 3.8) is 0 Å². The topological polar surface area (TPSA) is 17.8 Å². The van der Waals surface area contributed by atoms with E-state index in [2.05, 4.69) is 31.0 Å². The van der Waals surface area contributed by atoms with Crippen molar-refractivity contribution in [2.24, 2.45) is 7.05 Å². The van der Waals surface area contributed by atoms with E-state index in [9.17, 15) is 0 Å². The standard InChI is InChI=1S/C10H12N2.C2H6/c1-7-4-9-10(5-8(7)2)12(3)6-11-9;1-2/h4-6H,1-3H3;1-2H3. The van der Waals surface area contributed by atoms with E-state index in [1.165, 1.54) is 16.6 Å². The van der Waals surface area contributed by atoms with Crippen molar-refractivity contribution < 1.29 is 0 Å². The Bertz CT molecular complexity index is 427. The zero-order valence-electron chi connectivity index (χ0n) is 9.63. The fourth-order valence-electron chi connectivity index (χ4n) is 1.38. The van der Waals surface area contributed by atoms with E-state index < -0.39 is 0 Å². The van der Waals surface area contributed by atoms with Crippen LogP contribution in [0.5, 0.6) is 0 Å². The summed E-state index contributed by atoms with van der Waals surface area (Å²) in [7, 11) is 2.02. The molecule has 0 radical (unpaired) electrons. The van der Waals surface area contributed by atoms with Crippen molar-refractivity contribution >= 4 is 11.0 Å². The molecule has 0 fully saturated rings. The Morgan fingerprint density at radius 3 is 2.29 bits per heavy atom. The molecule has 0 amide bonds. The minimum absolute atomic E-state index is 1.08. The van der Waals surface area contributed by atoms with Crippen LogP contribution in [0.15, 0.2) is 18.5 Å².